The summed E-state index contributed by atoms with van der Waals surface area (Å²) in [5, 5.41) is 1.45. The highest BCUT2D eigenvalue weighted by atomic mass is 35.5. The van der Waals surface area contributed by atoms with Crippen LogP contribution in [0.3, 0.4) is 0 Å². The molecule has 0 saturated carbocycles. The number of nitrogens with one attached hydrogen (secondary N) is 1. The number of hydroxylamine groups is 2. The van der Waals surface area contributed by atoms with Crippen LogP contribution in [0.5, 0.6) is 0 Å². The Morgan fingerprint density at radius 2 is 1.63 bits per heavy atom. The summed E-state index contributed by atoms with van der Waals surface area (Å²) < 4.78 is 53.7. The molecule has 1 N–H and O–H groups in total. The van der Waals surface area contributed by atoms with Gasteiger partial charge in [0.2, 0.25) is 0 Å². The van der Waals surface area contributed by atoms with Gasteiger partial charge in [-0.3, -0.25) is 14.0 Å². The van der Waals surface area contributed by atoms with E-state index in [4.69, 9.17) is 23.2 Å². The summed E-state index contributed by atoms with van der Waals surface area (Å²) in [4.78, 5) is 45.2. The summed E-state index contributed by atoms with van der Waals surface area (Å²) in [6, 6.07) is 5.76. The number of rotatable bonds is 5. The van der Waals surface area contributed by atoms with Gasteiger partial charge in [0, 0.05) is 44.5 Å². The quantitative estimate of drug-likeness (QED) is 0.396. The first-order valence-corrected chi connectivity index (χ1v) is 13.9. The van der Waals surface area contributed by atoms with E-state index >= 15 is 0 Å². The Labute approximate surface area is 241 Å². The summed E-state index contributed by atoms with van der Waals surface area (Å²) in [6.07, 6.45) is -0.765. The van der Waals surface area contributed by atoms with Gasteiger partial charge in [0.1, 0.15) is 16.5 Å². The molecule has 2 fully saturated rings. The molecule has 8 nitrogen and oxygen atoms in total. The number of alkyl halides is 3. The monoisotopic (exact) mass is 616 g/mol. The number of fused-ring (bicyclic) bond motifs is 1. The average Bonchev–Trinajstić information content (AvgIpc) is 3.25. The molecule has 5 rings (SSSR count). The Kier molecular flexibility index (Phi) is 8.36. The van der Waals surface area contributed by atoms with E-state index < -0.39 is 23.9 Å². The first-order valence-electron chi connectivity index (χ1n) is 13.1. The first kappa shape index (κ1) is 29.4. The van der Waals surface area contributed by atoms with E-state index in [1.54, 1.807) is 11.0 Å². The molecule has 0 aliphatic carbocycles. The molecule has 0 radical (unpaired) electrons. The third-order valence-electron chi connectivity index (χ3n) is 7.87. The zero-order chi connectivity index (χ0) is 29.5. The molecule has 2 saturated heterocycles. The summed E-state index contributed by atoms with van der Waals surface area (Å²) in [5.74, 6) is -2.79. The molecular weight excluding hydrogens is 591 g/mol. The Balaban J connectivity index is 1.20. The van der Waals surface area contributed by atoms with Crippen LogP contribution in [0.2, 0.25) is 10.2 Å². The van der Waals surface area contributed by atoms with Crippen LogP contribution < -0.4 is 5.56 Å². The van der Waals surface area contributed by atoms with Crippen molar-refractivity contribution in [2.24, 2.45) is 11.8 Å². The second-order valence-electron chi connectivity index (χ2n) is 10.4. The number of hydrogen-bond acceptors (Lipinski definition) is 5. The molecule has 0 spiro atoms. The van der Waals surface area contributed by atoms with E-state index in [1.807, 2.05) is 0 Å². The van der Waals surface area contributed by atoms with Crippen LogP contribution in [-0.2, 0) is 16.1 Å². The predicted molar refractivity (Wildman–Crippen MR) is 142 cm³/mol. The second kappa shape index (κ2) is 11.7. The molecule has 4 heterocycles. The number of aromatic nitrogens is 2. The van der Waals surface area contributed by atoms with Crippen LogP contribution in [0.1, 0.15) is 47.3 Å². The number of aromatic amines is 1. The van der Waals surface area contributed by atoms with Gasteiger partial charge < -0.3 is 14.7 Å². The molecule has 2 aliphatic rings. The van der Waals surface area contributed by atoms with Crippen LogP contribution in [0.15, 0.2) is 35.3 Å². The van der Waals surface area contributed by atoms with Gasteiger partial charge in [-0.15, -0.1) is 5.06 Å². The summed E-state index contributed by atoms with van der Waals surface area (Å²) >= 11 is 12.4. The Morgan fingerprint density at radius 1 is 1.00 bits per heavy atom. The fraction of sp³-hybridized carbons (Fsp3) is 0.444. The maximum absolute atomic E-state index is 14.8. The average molecular weight is 617 g/mol. The van der Waals surface area contributed by atoms with Gasteiger partial charge in [0.15, 0.2) is 0 Å². The molecule has 220 valence electrons. The summed E-state index contributed by atoms with van der Waals surface area (Å²) in [6.45, 7) is 1.28. The molecule has 2 aromatic heterocycles. The zero-order valence-corrected chi connectivity index (χ0v) is 23.2. The van der Waals surface area contributed by atoms with Crippen molar-refractivity contribution in [2.75, 3.05) is 26.2 Å². The topological polar surface area (TPSA) is 87.1 Å². The minimum atomic E-state index is -5.03. The Hall–Kier alpha value is -3.09. The van der Waals surface area contributed by atoms with Gasteiger partial charge >= 0.3 is 12.1 Å². The van der Waals surface area contributed by atoms with Crippen molar-refractivity contribution >= 4 is 40.6 Å². The van der Waals surface area contributed by atoms with Crippen molar-refractivity contribution in [1.29, 1.82) is 0 Å². The standard InChI is InChI=1S/C27H26Cl2F4N4O4/c28-20-13-22-24(38)34-14-18(37(22)23(20)29)11-15-1-2-21(30)19(12-15)25(39)35-7-3-16(4-8-35)17-5-9-36(10-6-17)41-26(40)27(31,32)33/h1-2,12-14,16-17H,3-11H2,(H,34,38). The molecule has 41 heavy (non-hydrogen) atoms. The van der Waals surface area contributed by atoms with Crippen LogP contribution in [0, 0.1) is 17.7 Å². The van der Waals surface area contributed by atoms with E-state index in [0.717, 1.165) is 5.06 Å². The van der Waals surface area contributed by atoms with Gasteiger partial charge in [-0.25, -0.2) is 9.18 Å². The largest absolute Gasteiger partial charge is 0.492 e. The third-order valence-corrected chi connectivity index (χ3v) is 8.63. The van der Waals surface area contributed by atoms with E-state index in [1.165, 1.54) is 28.8 Å². The highest BCUT2D eigenvalue weighted by Crippen LogP contribution is 2.34. The first-order chi connectivity index (χ1) is 19.4. The van der Waals surface area contributed by atoms with Gasteiger partial charge in [-0.1, -0.05) is 29.3 Å². The number of carbonyl (C=O) groups excluding carboxylic acids is 2. The third kappa shape index (κ3) is 6.24. The van der Waals surface area contributed by atoms with Crippen LogP contribution in [0.25, 0.3) is 5.52 Å². The fourth-order valence-corrected chi connectivity index (χ4v) is 6.17. The number of likely N-dealkylation sites (tertiary alicyclic amines) is 1. The van der Waals surface area contributed by atoms with E-state index in [0.29, 0.717) is 50.0 Å². The van der Waals surface area contributed by atoms with Crippen LogP contribution in [-0.4, -0.2) is 63.6 Å². The smallest absolute Gasteiger partial charge is 0.361 e. The lowest BCUT2D eigenvalue weighted by atomic mass is 9.79. The SMILES string of the molecule is O=C(c1cc(Cc2c[nH]c(=O)c3cc(Cl)c(Cl)n23)ccc1F)N1CCC(C2CCN(OC(=O)C(F)(F)F)CC2)CC1. The molecule has 1 aromatic carbocycles. The number of piperidine rings is 2. The minimum Gasteiger partial charge on any atom is -0.361 e. The lowest BCUT2D eigenvalue weighted by molar-refractivity contribution is -0.242. The van der Waals surface area contributed by atoms with E-state index in [-0.39, 0.29) is 58.2 Å². The molecule has 0 bridgehead atoms. The normalized spacial score (nSPS) is 17.8. The van der Waals surface area contributed by atoms with Gasteiger partial charge in [0.05, 0.1) is 10.6 Å². The second-order valence-corrected chi connectivity index (χ2v) is 11.1. The molecule has 0 atom stereocenters. The highest BCUT2D eigenvalue weighted by molar-refractivity contribution is 6.42. The van der Waals surface area contributed by atoms with Crippen molar-refractivity contribution in [2.45, 2.75) is 38.3 Å². The number of halogens is 6. The summed E-state index contributed by atoms with van der Waals surface area (Å²) in [5.41, 5.74) is 1.08. The van der Waals surface area contributed by atoms with Crippen LogP contribution >= 0.6 is 23.2 Å². The van der Waals surface area contributed by atoms with Gasteiger partial charge in [-0.2, -0.15) is 13.2 Å². The number of benzene rings is 1. The maximum Gasteiger partial charge on any atom is 0.492 e. The van der Waals surface area contributed by atoms with Gasteiger partial charge in [0.25, 0.3) is 11.5 Å². The molecule has 0 unspecified atom stereocenters. The lowest BCUT2D eigenvalue weighted by Crippen LogP contribution is -2.44. The minimum absolute atomic E-state index is 0.0574. The number of carbonyl (C=O) groups is 2. The number of nitrogens with zero attached hydrogens (tertiary/aromatic N) is 3. The van der Waals surface area contributed by atoms with E-state index in [2.05, 4.69) is 9.82 Å². The number of amides is 1. The zero-order valence-electron chi connectivity index (χ0n) is 21.6. The highest BCUT2D eigenvalue weighted by Gasteiger charge is 2.43. The number of hydrogen-bond donors (Lipinski definition) is 1. The van der Waals surface area contributed by atoms with Crippen molar-refractivity contribution in [3.63, 3.8) is 0 Å². The van der Waals surface area contributed by atoms with Crippen molar-refractivity contribution in [1.82, 2.24) is 19.3 Å². The van der Waals surface area contributed by atoms with Crippen molar-refractivity contribution in [3.8, 4) is 0 Å². The summed E-state index contributed by atoms with van der Waals surface area (Å²) in [7, 11) is 0. The van der Waals surface area contributed by atoms with Crippen molar-refractivity contribution in [3.05, 3.63) is 73.6 Å². The Bertz CT molecular complexity index is 1520. The molecule has 14 heteroatoms. The van der Waals surface area contributed by atoms with Crippen molar-refractivity contribution < 1.29 is 32.0 Å². The fourth-order valence-electron chi connectivity index (χ4n) is 5.73. The molecule has 1 amide bonds. The molecule has 3 aromatic rings. The lowest BCUT2D eigenvalue weighted by Gasteiger charge is -2.39. The molecular formula is C27H26Cl2F4N4O4. The predicted octanol–water partition coefficient (Wildman–Crippen LogP) is 5.25. The Morgan fingerprint density at radius 3 is 2.27 bits per heavy atom. The number of H-pyrrole nitrogens is 1. The van der Waals surface area contributed by atoms with E-state index in [9.17, 15) is 31.9 Å². The van der Waals surface area contributed by atoms with Gasteiger partial charge in [-0.05, 0) is 61.3 Å². The molecule has 2 aliphatic heterocycles. The maximum atomic E-state index is 14.8. The van der Waals surface area contributed by atoms with Crippen LogP contribution in [0.4, 0.5) is 17.6 Å².